The van der Waals surface area contributed by atoms with E-state index >= 15 is 0 Å². The number of carbonyl (C=O) groups is 2. The van der Waals surface area contributed by atoms with E-state index in [1.54, 1.807) is 6.07 Å². The summed E-state index contributed by atoms with van der Waals surface area (Å²) in [6.07, 6.45) is 6.98. The first-order valence-electron chi connectivity index (χ1n) is 9.89. The highest BCUT2D eigenvalue weighted by Gasteiger charge is 2.56. The van der Waals surface area contributed by atoms with Gasteiger partial charge >= 0.3 is 0 Å². The first-order chi connectivity index (χ1) is 12.6. The molecule has 5 fully saturated rings. The second-order valence-electron chi connectivity index (χ2n) is 8.91. The van der Waals surface area contributed by atoms with Crippen LogP contribution < -0.4 is 5.32 Å². The van der Waals surface area contributed by atoms with Gasteiger partial charge in [0.2, 0.25) is 11.8 Å². The Labute approximate surface area is 159 Å². The maximum atomic E-state index is 13.8. The van der Waals surface area contributed by atoms with Crippen molar-refractivity contribution in [3.05, 3.63) is 34.9 Å². The minimum absolute atomic E-state index is 0.109. The van der Waals surface area contributed by atoms with Gasteiger partial charge in [-0.25, -0.2) is 0 Å². The Morgan fingerprint density at radius 1 is 1.08 bits per heavy atom. The quantitative estimate of drug-likeness (QED) is 0.862. The summed E-state index contributed by atoms with van der Waals surface area (Å²) < 4.78 is 0. The monoisotopic (exact) mass is 372 g/mol. The lowest BCUT2D eigenvalue weighted by molar-refractivity contribution is -0.164. The molecular weight excluding hydrogens is 348 g/mol. The molecule has 1 aromatic rings. The van der Waals surface area contributed by atoms with E-state index in [1.165, 1.54) is 19.3 Å². The Hall–Kier alpha value is -1.55. The smallest absolute Gasteiger partial charge is 0.247 e. The molecule has 26 heavy (non-hydrogen) atoms. The molecule has 1 saturated heterocycles. The van der Waals surface area contributed by atoms with Crippen LogP contribution in [0, 0.1) is 23.2 Å². The third-order valence-electron chi connectivity index (χ3n) is 7.16. The van der Waals surface area contributed by atoms with Crippen molar-refractivity contribution in [3.63, 3.8) is 0 Å². The maximum Gasteiger partial charge on any atom is 0.247 e. The van der Waals surface area contributed by atoms with E-state index in [4.69, 9.17) is 11.6 Å². The van der Waals surface area contributed by atoms with Gasteiger partial charge in [0.1, 0.15) is 6.04 Å². The molecular formula is C21H25ClN2O2. The Bertz CT molecular complexity index is 727. The van der Waals surface area contributed by atoms with Crippen LogP contribution in [0.25, 0.3) is 0 Å². The summed E-state index contributed by atoms with van der Waals surface area (Å²) in [7, 11) is 0. The van der Waals surface area contributed by atoms with Crippen LogP contribution >= 0.6 is 11.6 Å². The lowest BCUT2D eigenvalue weighted by Crippen LogP contribution is -2.59. The summed E-state index contributed by atoms with van der Waals surface area (Å²) in [5.74, 6) is 2.23. The number of halogens is 1. The SMILES string of the molecule is O=C1NCCN(C(=O)C23CC4CC(CC(C4)C2)C3)C1c1ccccc1Cl. The molecule has 0 aromatic heterocycles. The molecule has 138 valence electrons. The van der Waals surface area contributed by atoms with Gasteiger partial charge in [0.15, 0.2) is 0 Å². The van der Waals surface area contributed by atoms with Gasteiger partial charge in [-0.1, -0.05) is 29.8 Å². The number of piperazine rings is 1. The molecule has 0 radical (unpaired) electrons. The third-order valence-corrected chi connectivity index (χ3v) is 7.51. The van der Waals surface area contributed by atoms with Crippen molar-refractivity contribution in [2.75, 3.05) is 13.1 Å². The Kier molecular flexibility index (Phi) is 3.82. The zero-order valence-corrected chi connectivity index (χ0v) is 15.7. The van der Waals surface area contributed by atoms with Gasteiger partial charge in [0, 0.05) is 23.7 Å². The number of amides is 2. The van der Waals surface area contributed by atoms with Gasteiger partial charge in [-0.3, -0.25) is 9.59 Å². The second-order valence-corrected chi connectivity index (χ2v) is 9.32. The second kappa shape index (κ2) is 5.98. The zero-order valence-electron chi connectivity index (χ0n) is 14.9. The molecule has 1 heterocycles. The number of hydrogen-bond acceptors (Lipinski definition) is 2. The largest absolute Gasteiger partial charge is 0.352 e. The van der Waals surface area contributed by atoms with Crippen molar-refractivity contribution in [2.24, 2.45) is 23.2 Å². The van der Waals surface area contributed by atoms with Crippen molar-refractivity contribution in [1.29, 1.82) is 0 Å². The molecule has 1 aliphatic heterocycles. The van der Waals surface area contributed by atoms with Crippen LogP contribution in [-0.2, 0) is 9.59 Å². The Morgan fingerprint density at radius 2 is 1.69 bits per heavy atom. The van der Waals surface area contributed by atoms with E-state index in [-0.39, 0.29) is 17.2 Å². The fourth-order valence-corrected chi connectivity index (χ4v) is 6.81. The van der Waals surface area contributed by atoms with Gasteiger partial charge < -0.3 is 10.2 Å². The average Bonchev–Trinajstić information content (AvgIpc) is 2.60. The fraction of sp³-hybridized carbons (Fsp3) is 0.619. The molecule has 1 N–H and O–H groups in total. The molecule has 2 amide bonds. The van der Waals surface area contributed by atoms with E-state index in [1.807, 2.05) is 23.1 Å². The Morgan fingerprint density at radius 3 is 2.31 bits per heavy atom. The average molecular weight is 373 g/mol. The molecule has 5 aliphatic rings. The van der Waals surface area contributed by atoms with E-state index in [2.05, 4.69) is 5.32 Å². The molecule has 0 spiro atoms. The van der Waals surface area contributed by atoms with E-state index in [0.717, 1.165) is 24.8 Å². The zero-order chi connectivity index (χ0) is 17.9. The number of carbonyl (C=O) groups excluding carboxylic acids is 2. The van der Waals surface area contributed by atoms with Crippen molar-refractivity contribution >= 4 is 23.4 Å². The summed E-state index contributed by atoms with van der Waals surface area (Å²) in [4.78, 5) is 28.4. The van der Waals surface area contributed by atoms with Gasteiger partial charge in [-0.05, 0) is 62.3 Å². The lowest BCUT2D eigenvalue weighted by atomic mass is 9.49. The first-order valence-corrected chi connectivity index (χ1v) is 10.3. The summed E-state index contributed by atoms with van der Waals surface area (Å²) in [6, 6.07) is 6.82. The van der Waals surface area contributed by atoms with Gasteiger partial charge in [-0.15, -0.1) is 0 Å². The maximum absolute atomic E-state index is 13.8. The van der Waals surface area contributed by atoms with Crippen LogP contribution in [0.3, 0.4) is 0 Å². The van der Waals surface area contributed by atoms with Crippen molar-refractivity contribution in [3.8, 4) is 0 Å². The van der Waals surface area contributed by atoms with Gasteiger partial charge in [-0.2, -0.15) is 0 Å². The molecule has 6 rings (SSSR count). The predicted molar refractivity (Wildman–Crippen MR) is 99.5 cm³/mol. The van der Waals surface area contributed by atoms with Crippen LogP contribution in [0.5, 0.6) is 0 Å². The highest BCUT2D eigenvalue weighted by Crippen LogP contribution is 2.61. The van der Waals surface area contributed by atoms with Crippen LogP contribution in [0.1, 0.15) is 50.1 Å². The number of nitrogens with one attached hydrogen (secondary N) is 1. The third kappa shape index (κ3) is 2.49. The molecule has 4 nitrogen and oxygen atoms in total. The predicted octanol–water partition coefficient (Wildman–Crippen LogP) is 3.56. The molecule has 1 aromatic carbocycles. The normalized spacial score (nSPS) is 38.3. The van der Waals surface area contributed by atoms with Crippen LogP contribution in [-0.4, -0.2) is 29.8 Å². The first kappa shape index (κ1) is 16.6. The van der Waals surface area contributed by atoms with Gasteiger partial charge in [0.05, 0.1) is 5.41 Å². The number of benzene rings is 1. The number of nitrogens with zero attached hydrogens (tertiary/aromatic N) is 1. The topological polar surface area (TPSA) is 49.4 Å². The van der Waals surface area contributed by atoms with E-state index in [0.29, 0.717) is 35.9 Å². The van der Waals surface area contributed by atoms with Crippen LogP contribution in [0.15, 0.2) is 24.3 Å². The molecule has 1 atom stereocenters. The van der Waals surface area contributed by atoms with Crippen molar-refractivity contribution in [2.45, 2.75) is 44.6 Å². The standard InChI is InChI=1S/C21H25ClN2O2/c22-17-4-2-1-3-16(17)18-19(25)23-5-6-24(18)20(26)21-10-13-7-14(11-21)9-15(8-13)12-21/h1-4,13-15,18H,5-12H2,(H,23,25). The molecule has 4 saturated carbocycles. The highest BCUT2D eigenvalue weighted by molar-refractivity contribution is 6.31. The molecule has 1 unspecified atom stereocenters. The molecule has 5 heteroatoms. The summed E-state index contributed by atoms with van der Waals surface area (Å²) in [5.41, 5.74) is 0.510. The number of rotatable bonds is 2. The minimum Gasteiger partial charge on any atom is -0.352 e. The lowest BCUT2D eigenvalue weighted by Gasteiger charge is -2.57. The Balaban J connectivity index is 1.50. The molecule has 4 aliphatic carbocycles. The minimum atomic E-state index is -0.599. The van der Waals surface area contributed by atoms with Crippen molar-refractivity contribution < 1.29 is 9.59 Å². The summed E-state index contributed by atoms with van der Waals surface area (Å²) in [6.45, 7) is 1.10. The highest BCUT2D eigenvalue weighted by atomic mass is 35.5. The van der Waals surface area contributed by atoms with Gasteiger partial charge in [0.25, 0.3) is 0 Å². The van der Waals surface area contributed by atoms with Crippen LogP contribution in [0.2, 0.25) is 5.02 Å². The van der Waals surface area contributed by atoms with Crippen molar-refractivity contribution in [1.82, 2.24) is 10.2 Å². The fourth-order valence-electron chi connectivity index (χ4n) is 6.57. The van der Waals surface area contributed by atoms with Crippen LogP contribution in [0.4, 0.5) is 0 Å². The summed E-state index contributed by atoms with van der Waals surface area (Å²) >= 11 is 6.39. The number of hydrogen-bond donors (Lipinski definition) is 1. The summed E-state index contributed by atoms with van der Waals surface area (Å²) in [5, 5.41) is 3.48. The van der Waals surface area contributed by atoms with E-state index < -0.39 is 6.04 Å². The van der Waals surface area contributed by atoms with E-state index in [9.17, 15) is 9.59 Å². The molecule has 4 bridgehead atoms.